The highest BCUT2D eigenvalue weighted by atomic mass is 79.9. The number of aromatic nitrogens is 2. The van der Waals surface area contributed by atoms with Gasteiger partial charge in [0.25, 0.3) is 0 Å². The number of aromatic amines is 1. The van der Waals surface area contributed by atoms with Gasteiger partial charge < -0.3 is 10.3 Å². The van der Waals surface area contributed by atoms with Gasteiger partial charge in [0.2, 0.25) is 5.91 Å². The summed E-state index contributed by atoms with van der Waals surface area (Å²) in [6, 6.07) is 13.1. The predicted octanol–water partition coefficient (Wildman–Crippen LogP) is 2.65. The van der Waals surface area contributed by atoms with Gasteiger partial charge in [-0.15, -0.1) is 0 Å². The first-order valence-corrected chi connectivity index (χ1v) is 9.60. The molecule has 1 unspecified atom stereocenters. The molecule has 2 aromatic carbocycles. The molecule has 6 nitrogen and oxygen atoms in total. The van der Waals surface area contributed by atoms with Crippen LogP contribution in [0.1, 0.15) is 30.0 Å². The average Bonchev–Trinajstić information content (AvgIpc) is 2.66. The van der Waals surface area contributed by atoms with Crippen LogP contribution in [-0.4, -0.2) is 15.5 Å². The van der Waals surface area contributed by atoms with E-state index in [0.717, 1.165) is 27.5 Å². The summed E-state index contributed by atoms with van der Waals surface area (Å²) in [5.74, 6) is -0.134. The van der Waals surface area contributed by atoms with Gasteiger partial charge in [-0.3, -0.25) is 19.0 Å². The van der Waals surface area contributed by atoms with E-state index in [1.807, 2.05) is 36.4 Å². The lowest BCUT2D eigenvalue weighted by atomic mass is 9.96. The van der Waals surface area contributed by atoms with Gasteiger partial charge in [-0.2, -0.15) is 0 Å². The lowest BCUT2D eigenvalue weighted by Gasteiger charge is -2.27. The molecule has 1 aliphatic heterocycles. The average molecular weight is 428 g/mol. The van der Waals surface area contributed by atoms with Gasteiger partial charge in [0.05, 0.1) is 11.0 Å². The highest BCUT2D eigenvalue weighted by molar-refractivity contribution is 9.10. The van der Waals surface area contributed by atoms with Crippen LogP contribution in [-0.2, 0) is 17.8 Å². The van der Waals surface area contributed by atoms with Gasteiger partial charge in [-0.25, -0.2) is 0 Å². The Morgan fingerprint density at radius 1 is 1.22 bits per heavy atom. The molecule has 3 aromatic rings. The topological polar surface area (TPSA) is 84.0 Å². The van der Waals surface area contributed by atoms with Gasteiger partial charge >= 0.3 is 11.1 Å². The van der Waals surface area contributed by atoms with Crippen LogP contribution in [0.15, 0.2) is 56.5 Å². The number of benzene rings is 2. The lowest BCUT2D eigenvalue weighted by Crippen LogP contribution is -2.41. The fraction of sp³-hybridized carbons (Fsp3) is 0.250. The van der Waals surface area contributed by atoms with E-state index in [-0.39, 0.29) is 18.4 Å². The molecule has 0 bridgehead atoms. The third-order valence-electron chi connectivity index (χ3n) is 4.92. The molecule has 138 valence electrons. The number of aryl methyl sites for hydroxylation is 1. The molecule has 0 fully saturated rings. The van der Waals surface area contributed by atoms with Crippen molar-refractivity contribution in [1.29, 1.82) is 0 Å². The summed E-state index contributed by atoms with van der Waals surface area (Å²) in [6.07, 6.45) is 1.56. The van der Waals surface area contributed by atoms with Crippen LogP contribution in [0, 0.1) is 0 Å². The first-order chi connectivity index (χ1) is 13.0. The Kier molecular flexibility index (Phi) is 4.70. The van der Waals surface area contributed by atoms with Gasteiger partial charge in [0.15, 0.2) is 0 Å². The summed E-state index contributed by atoms with van der Waals surface area (Å²) < 4.78 is 2.35. The monoisotopic (exact) mass is 427 g/mol. The van der Waals surface area contributed by atoms with Crippen molar-refractivity contribution >= 4 is 32.9 Å². The largest absolute Gasteiger partial charge is 0.352 e. The molecule has 1 atom stereocenters. The van der Waals surface area contributed by atoms with Gasteiger partial charge in [-0.1, -0.05) is 46.3 Å². The number of nitrogens with zero attached hydrogens (tertiary/aromatic N) is 1. The molecule has 0 radical (unpaired) electrons. The summed E-state index contributed by atoms with van der Waals surface area (Å²) in [4.78, 5) is 39.7. The molecular formula is C20H18BrN3O3. The minimum Gasteiger partial charge on any atom is -0.352 e. The van der Waals surface area contributed by atoms with E-state index < -0.39 is 11.1 Å². The van der Waals surface area contributed by atoms with Crippen molar-refractivity contribution in [3.8, 4) is 0 Å². The third-order valence-corrected chi connectivity index (χ3v) is 5.38. The van der Waals surface area contributed by atoms with Crippen molar-refractivity contribution in [2.24, 2.45) is 0 Å². The SMILES string of the molecule is O=C(CC1CCc2cc(Br)cc3[nH]c(=O)c(=O)n1c23)NCc1ccccc1. The van der Waals surface area contributed by atoms with Crippen molar-refractivity contribution < 1.29 is 4.79 Å². The van der Waals surface area contributed by atoms with Crippen LogP contribution in [0.5, 0.6) is 0 Å². The van der Waals surface area contributed by atoms with Crippen molar-refractivity contribution in [2.45, 2.75) is 31.8 Å². The van der Waals surface area contributed by atoms with Crippen LogP contribution >= 0.6 is 15.9 Å². The van der Waals surface area contributed by atoms with E-state index in [2.05, 4.69) is 26.2 Å². The van der Waals surface area contributed by atoms with E-state index >= 15 is 0 Å². The molecular weight excluding hydrogens is 410 g/mol. The quantitative estimate of drug-likeness (QED) is 0.627. The Labute approximate surface area is 163 Å². The number of carbonyl (C=O) groups is 1. The molecule has 0 saturated heterocycles. The molecule has 1 aromatic heterocycles. The van der Waals surface area contributed by atoms with Crippen molar-refractivity contribution in [3.05, 3.63) is 78.8 Å². The van der Waals surface area contributed by atoms with Gasteiger partial charge in [0.1, 0.15) is 0 Å². The fourth-order valence-corrected chi connectivity index (χ4v) is 4.19. The summed E-state index contributed by atoms with van der Waals surface area (Å²) in [6.45, 7) is 0.440. The maximum Gasteiger partial charge on any atom is 0.317 e. The van der Waals surface area contributed by atoms with Gasteiger partial charge in [0, 0.05) is 23.5 Å². The predicted molar refractivity (Wildman–Crippen MR) is 107 cm³/mol. The molecule has 0 spiro atoms. The number of amides is 1. The van der Waals surface area contributed by atoms with Crippen LogP contribution in [0.2, 0.25) is 0 Å². The van der Waals surface area contributed by atoms with Crippen molar-refractivity contribution in [2.75, 3.05) is 0 Å². The molecule has 2 heterocycles. The van der Waals surface area contributed by atoms with E-state index in [9.17, 15) is 14.4 Å². The summed E-state index contributed by atoms with van der Waals surface area (Å²) in [5.41, 5.74) is 2.07. The van der Waals surface area contributed by atoms with Crippen LogP contribution in [0.3, 0.4) is 0 Å². The second-order valence-electron chi connectivity index (χ2n) is 6.75. The van der Waals surface area contributed by atoms with E-state index in [4.69, 9.17) is 0 Å². The Hall–Kier alpha value is -2.67. The number of hydrogen-bond acceptors (Lipinski definition) is 3. The highest BCUT2D eigenvalue weighted by Gasteiger charge is 2.26. The first-order valence-electron chi connectivity index (χ1n) is 8.80. The zero-order valence-electron chi connectivity index (χ0n) is 14.5. The number of halogens is 1. The summed E-state index contributed by atoms with van der Waals surface area (Å²) in [5, 5.41) is 2.90. The zero-order valence-corrected chi connectivity index (χ0v) is 16.1. The van der Waals surface area contributed by atoms with E-state index in [1.165, 1.54) is 4.57 Å². The molecule has 2 N–H and O–H groups in total. The standard InChI is InChI=1S/C20H18BrN3O3/c21-14-8-13-6-7-15(10-17(25)22-11-12-4-2-1-3-5-12)24-18(13)16(9-14)23-19(26)20(24)27/h1-5,8-9,15H,6-7,10-11H2,(H,22,25)(H,23,26). The minimum atomic E-state index is -0.664. The zero-order chi connectivity index (χ0) is 19.0. The Morgan fingerprint density at radius 2 is 2.00 bits per heavy atom. The van der Waals surface area contributed by atoms with Crippen LogP contribution in [0.4, 0.5) is 0 Å². The smallest absolute Gasteiger partial charge is 0.317 e. The number of carbonyl (C=O) groups excluding carboxylic acids is 1. The normalized spacial score (nSPS) is 15.7. The Morgan fingerprint density at radius 3 is 2.78 bits per heavy atom. The van der Waals surface area contributed by atoms with Crippen LogP contribution < -0.4 is 16.4 Å². The molecule has 4 rings (SSSR count). The number of hydrogen-bond donors (Lipinski definition) is 2. The van der Waals surface area contributed by atoms with E-state index in [1.54, 1.807) is 6.07 Å². The minimum absolute atomic E-state index is 0.134. The Bertz CT molecular complexity index is 1130. The summed E-state index contributed by atoms with van der Waals surface area (Å²) >= 11 is 3.44. The maximum atomic E-state index is 12.5. The van der Waals surface area contributed by atoms with E-state index in [0.29, 0.717) is 18.5 Å². The molecule has 27 heavy (non-hydrogen) atoms. The Balaban J connectivity index is 1.63. The fourth-order valence-electron chi connectivity index (χ4n) is 3.69. The van der Waals surface area contributed by atoms with Gasteiger partial charge in [-0.05, 0) is 36.1 Å². The second kappa shape index (κ2) is 7.15. The third kappa shape index (κ3) is 3.47. The molecule has 7 heteroatoms. The maximum absolute atomic E-state index is 12.5. The van der Waals surface area contributed by atoms with Crippen molar-refractivity contribution in [1.82, 2.24) is 14.9 Å². The lowest BCUT2D eigenvalue weighted by molar-refractivity contribution is -0.122. The molecule has 1 aliphatic rings. The summed E-state index contributed by atoms with van der Waals surface area (Å²) in [7, 11) is 0. The highest BCUT2D eigenvalue weighted by Crippen LogP contribution is 2.32. The number of H-pyrrole nitrogens is 1. The van der Waals surface area contributed by atoms with Crippen LogP contribution in [0.25, 0.3) is 11.0 Å². The molecule has 0 saturated carbocycles. The van der Waals surface area contributed by atoms with Crippen molar-refractivity contribution in [3.63, 3.8) is 0 Å². The number of nitrogens with one attached hydrogen (secondary N) is 2. The first kappa shape index (κ1) is 17.7. The molecule has 0 aliphatic carbocycles. The molecule has 1 amide bonds. The second-order valence-corrected chi connectivity index (χ2v) is 7.66. The number of rotatable bonds is 4.